The number of guanidine groups is 1. The Hall–Kier alpha value is -2.04. The molecule has 9 heteroatoms. The smallest absolute Gasteiger partial charge is 0.191 e. The molecule has 0 saturated heterocycles. The summed E-state index contributed by atoms with van der Waals surface area (Å²) in [5.74, 6) is 4.33. The first-order valence-corrected chi connectivity index (χ1v) is 9.89. The number of nitrogens with zero attached hydrogens (tertiary/aromatic N) is 4. The zero-order valence-electron chi connectivity index (χ0n) is 17.4. The molecular weight excluding hydrogens is 483 g/mol. The van der Waals surface area contributed by atoms with Gasteiger partial charge in [-0.1, -0.05) is 6.42 Å². The lowest BCUT2D eigenvalue weighted by Gasteiger charge is -2.13. The van der Waals surface area contributed by atoms with Crippen LogP contribution in [0.3, 0.4) is 0 Å². The molecule has 0 unspecified atom stereocenters. The average molecular weight is 514 g/mol. The van der Waals surface area contributed by atoms with Crippen LogP contribution in [-0.4, -0.2) is 41.5 Å². The fourth-order valence-corrected chi connectivity index (χ4v) is 3.33. The summed E-state index contributed by atoms with van der Waals surface area (Å²) in [4.78, 5) is 4.69. The first-order valence-electron chi connectivity index (χ1n) is 9.89. The van der Waals surface area contributed by atoms with Crippen LogP contribution in [0.5, 0.6) is 11.5 Å². The minimum Gasteiger partial charge on any atom is -0.497 e. The standard InChI is InChI=1S/C20H30N6O2.HI/c1-4-21-20(22-13-15-9-10-16(27-2)12-17(15)28-3)23-14-19-25-24-18-8-6-5-7-11-26(18)19;/h9-10,12H,4-8,11,13-14H2,1-3H3,(H2,21,22,23);1H. The number of aliphatic imine (C=N–C) groups is 1. The van der Waals surface area contributed by atoms with Crippen molar-refractivity contribution in [2.75, 3.05) is 20.8 Å². The van der Waals surface area contributed by atoms with E-state index in [-0.39, 0.29) is 24.0 Å². The van der Waals surface area contributed by atoms with Gasteiger partial charge in [0.05, 0.1) is 27.3 Å². The topological polar surface area (TPSA) is 85.6 Å². The molecule has 0 saturated carbocycles. The Morgan fingerprint density at radius 3 is 2.76 bits per heavy atom. The molecular formula is C20H31IN6O2. The fourth-order valence-electron chi connectivity index (χ4n) is 3.33. The Balaban J connectivity index is 0.00000300. The number of aromatic nitrogens is 3. The number of hydrogen-bond acceptors (Lipinski definition) is 5. The highest BCUT2D eigenvalue weighted by Crippen LogP contribution is 2.25. The van der Waals surface area contributed by atoms with Crippen LogP contribution in [0, 0.1) is 0 Å². The Bertz CT molecular complexity index is 808. The molecule has 3 rings (SSSR count). The molecule has 1 aliphatic heterocycles. The maximum atomic E-state index is 5.46. The summed E-state index contributed by atoms with van der Waals surface area (Å²) in [5.41, 5.74) is 0.997. The SMILES string of the molecule is CCNC(=NCc1ccc(OC)cc1OC)NCc1nnc2n1CCCCC2.I. The van der Waals surface area contributed by atoms with E-state index in [0.29, 0.717) is 13.1 Å². The highest BCUT2D eigenvalue weighted by Gasteiger charge is 2.14. The molecule has 0 bridgehead atoms. The van der Waals surface area contributed by atoms with Gasteiger partial charge in [-0.25, -0.2) is 4.99 Å². The van der Waals surface area contributed by atoms with Crippen LogP contribution in [0.25, 0.3) is 0 Å². The number of nitrogens with one attached hydrogen (secondary N) is 2. The van der Waals surface area contributed by atoms with Gasteiger partial charge < -0.3 is 24.7 Å². The van der Waals surface area contributed by atoms with Crippen LogP contribution in [-0.2, 0) is 26.1 Å². The lowest BCUT2D eigenvalue weighted by molar-refractivity contribution is 0.391. The molecule has 160 valence electrons. The maximum absolute atomic E-state index is 5.46. The van der Waals surface area contributed by atoms with Crippen molar-refractivity contribution in [1.82, 2.24) is 25.4 Å². The average Bonchev–Trinajstić information content (AvgIpc) is 2.95. The third kappa shape index (κ3) is 6.22. The van der Waals surface area contributed by atoms with Crippen molar-refractivity contribution >= 4 is 29.9 Å². The van der Waals surface area contributed by atoms with Gasteiger partial charge in [0.2, 0.25) is 0 Å². The van der Waals surface area contributed by atoms with Gasteiger partial charge in [0.1, 0.15) is 17.3 Å². The van der Waals surface area contributed by atoms with Crippen molar-refractivity contribution in [2.45, 2.75) is 52.2 Å². The highest BCUT2D eigenvalue weighted by molar-refractivity contribution is 14.0. The normalized spacial score (nSPS) is 13.7. The molecule has 0 spiro atoms. The summed E-state index contributed by atoms with van der Waals surface area (Å²) >= 11 is 0. The number of ether oxygens (including phenoxy) is 2. The molecule has 0 amide bonds. The van der Waals surface area contributed by atoms with E-state index in [0.717, 1.165) is 54.2 Å². The third-order valence-corrected chi connectivity index (χ3v) is 4.85. The van der Waals surface area contributed by atoms with Crippen molar-refractivity contribution in [1.29, 1.82) is 0 Å². The summed E-state index contributed by atoms with van der Waals surface area (Å²) in [6.07, 6.45) is 4.64. The van der Waals surface area contributed by atoms with Gasteiger partial charge in [0.15, 0.2) is 11.8 Å². The zero-order chi connectivity index (χ0) is 19.8. The van der Waals surface area contributed by atoms with E-state index in [2.05, 4.69) is 25.4 Å². The molecule has 0 radical (unpaired) electrons. The molecule has 0 aliphatic carbocycles. The largest absolute Gasteiger partial charge is 0.497 e. The molecule has 1 aromatic carbocycles. The fraction of sp³-hybridized carbons (Fsp3) is 0.550. The zero-order valence-corrected chi connectivity index (χ0v) is 19.7. The van der Waals surface area contributed by atoms with E-state index in [1.165, 1.54) is 19.3 Å². The molecule has 1 aliphatic rings. The molecule has 8 nitrogen and oxygen atoms in total. The van der Waals surface area contributed by atoms with E-state index < -0.39 is 0 Å². The molecule has 2 N–H and O–H groups in total. The number of fused-ring (bicyclic) bond motifs is 1. The molecule has 1 aromatic heterocycles. The lowest BCUT2D eigenvalue weighted by Crippen LogP contribution is -2.37. The molecule has 2 aromatic rings. The number of hydrogen-bond donors (Lipinski definition) is 2. The van der Waals surface area contributed by atoms with E-state index >= 15 is 0 Å². The van der Waals surface area contributed by atoms with Crippen molar-refractivity contribution in [2.24, 2.45) is 4.99 Å². The van der Waals surface area contributed by atoms with Gasteiger partial charge in [0, 0.05) is 31.1 Å². The second-order valence-electron chi connectivity index (χ2n) is 6.72. The van der Waals surface area contributed by atoms with Gasteiger partial charge in [0.25, 0.3) is 0 Å². The summed E-state index contributed by atoms with van der Waals surface area (Å²) < 4.78 is 13.0. The highest BCUT2D eigenvalue weighted by atomic mass is 127. The molecule has 2 heterocycles. The van der Waals surface area contributed by atoms with Crippen molar-refractivity contribution < 1.29 is 9.47 Å². The molecule has 0 atom stereocenters. The lowest BCUT2D eigenvalue weighted by atomic mass is 10.2. The third-order valence-electron chi connectivity index (χ3n) is 4.85. The van der Waals surface area contributed by atoms with Crippen LogP contribution in [0.4, 0.5) is 0 Å². The first-order chi connectivity index (χ1) is 13.7. The Morgan fingerprint density at radius 1 is 1.14 bits per heavy atom. The van der Waals surface area contributed by atoms with Gasteiger partial charge in [-0.2, -0.15) is 0 Å². The van der Waals surface area contributed by atoms with Crippen LogP contribution in [0.15, 0.2) is 23.2 Å². The predicted octanol–water partition coefficient (Wildman–Crippen LogP) is 2.90. The van der Waals surface area contributed by atoms with Crippen LogP contribution in [0.1, 0.15) is 43.4 Å². The number of halogens is 1. The summed E-state index contributed by atoms with van der Waals surface area (Å²) in [6.45, 7) is 4.92. The second kappa shape index (κ2) is 11.8. The van der Waals surface area contributed by atoms with Gasteiger partial charge in [-0.15, -0.1) is 34.2 Å². The summed E-state index contributed by atoms with van der Waals surface area (Å²) in [7, 11) is 3.30. The van der Waals surface area contributed by atoms with Crippen molar-refractivity contribution in [3.05, 3.63) is 35.4 Å². The Morgan fingerprint density at radius 2 is 2.00 bits per heavy atom. The number of benzene rings is 1. The van der Waals surface area contributed by atoms with Crippen LogP contribution < -0.4 is 20.1 Å². The van der Waals surface area contributed by atoms with Crippen LogP contribution in [0.2, 0.25) is 0 Å². The monoisotopic (exact) mass is 514 g/mol. The second-order valence-corrected chi connectivity index (χ2v) is 6.72. The van der Waals surface area contributed by atoms with E-state index in [9.17, 15) is 0 Å². The maximum Gasteiger partial charge on any atom is 0.191 e. The minimum absolute atomic E-state index is 0. The number of rotatable bonds is 7. The van der Waals surface area contributed by atoms with Gasteiger partial charge in [-0.05, 0) is 31.9 Å². The molecule has 0 fully saturated rings. The summed E-state index contributed by atoms with van der Waals surface area (Å²) in [5, 5.41) is 15.4. The van der Waals surface area contributed by atoms with Crippen molar-refractivity contribution in [3.8, 4) is 11.5 Å². The first kappa shape index (κ1) is 23.2. The van der Waals surface area contributed by atoms with Crippen molar-refractivity contribution in [3.63, 3.8) is 0 Å². The number of methoxy groups -OCH3 is 2. The Labute approximate surface area is 189 Å². The van der Waals surface area contributed by atoms with Crippen LogP contribution >= 0.6 is 24.0 Å². The van der Waals surface area contributed by atoms with E-state index in [1.54, 1.807) is 14.2 Å². The number of aryl methyl sites for hydroxylation is 1. The predicted molar refractivity (Wildman–Crippen MR) is 124 cm³/mol. The van der Waals surface area contributed by atoms with E-state index in [1.807, 2.05) is 25.1 Å². The minimum atomic E-state index is 0. The quantitative estimate of drug-likeness (QED) is 0.336. The molecule has 29 heavy (non-hydrogen) atoms. The summed E-state index contributed by atoms with van der Waals surface area (Å²) in [6, 6.07) is 5.76. The Kier molecular flexibility index (Phi) is 9.49. The van der Waals surface area contributed by atoms with E-state index in [4.69, 9.17) is 14.5 Å². The van der Waals surface area contributed by atoms with Gasteiger partial charge >= 0.3 is 0 Å². The van der Waals surface area contributed by atoms with Gasteiger partial charge in [-0.3, -0.25) is 0 Å².